The number of nitrogens with two attached hydrogens (primary N) is 1. The highest BCUT2D eigenvalue weighted by Gasteiger charge is 2.14. The van der Waals surface area contributed by atoms with Gasteiger partial charge in [0.25, 0.3) is 0 Å². The van der Waals surface area contributed by atoms with Crippen molar-refractivity contribution in [2.45, 2.75) is 32.7 Å². The molecule has 0 aromatic heterocycles. The number of hydrogen-bond donors (Lipinski definition) is 1. The van der Waals surface area contributed by atoms with E-state index < -0.39 is 0 Å². The molecule has 1 aromatic carbocycles. The Morgan fingerprint density at radius 2 is 2.13 bits per heavy atom. The van der Waals surface area contributed by atoms with Gasteiger partial charge in [-0.1, -0.05) is 35.3 Å². The normalized spacial score (nSPS) is 15.0. The fraction of sp³-hybridized carbons (Fsp3) is 0.500. The van der Waals surface area contributed by atoms with Crippen LogP contribution in [0.4, 0.5) is 4.39 Å². The van der Waals surface area contributed by atoms with Gasteiger partial charge in [-0.3, -0.25) is 0 Å². The van der Waals surface area contributed by atoms with Gasteiger partial charge in [0.15, 0.2) is 0 Å². The third kappa shape index (κ3) is 3.58. The van der Waals surface area contributed by atoms with E-state index in [-0.39, 0.29) is 11.9 Å². The Morgan fingerprint density at radius 3 is 2.60 bits per heavy atom. The Bertz CT molecular complexity index is 325. The summed E-state index contributed by atoms with van der Waals surface area (Å²) in [6, 6.07) is 5.30. The molecule has 0 aliphatic rings. The SMILES string of the molecule is CCC(Cc1ccc(Br)cc1F)C(C)N. The predicted molar refractivity (Wildman–Crippen MR) is 65.2 cm³/mol. The van der Waals surface area contributed by atoms with E-state index in [1.807, 2.05) is 19.1 Å². The van der Waals surface area contributed by atoms with Gasteiger partial charge in [-0.2, -0.15) is 0 Å². The van der Waals surface area contributed by atoms with Crippen molar-refractivity contribution in [3.05, 3.63) is 34.1 Å². The van der Waals surface area contributed by atoms with E-state index in [9.17, 15) is 4.39 Å². The molecule has 2 atom stereocenters. The van der Waals surface area contributed by atoms with Crippen molar-refractivity contribution in [3.63, 3.8) is 0 Å². The minimum absolute atomic E-state index is 0.109. The topological polar surface area (TPSA) is 26.0 Å². The largest absolute Gasteiger partial charge is 0.328 e. The average Bonchev–Trinajstić information content (AvgIpc) is 2.16. The van der Waals surface area contributed by atoms with Gasteiger partial charge in [0.1, 0.15) is 5.82 Å². The van der Waals surface area contributed by atoms with Crippen LogP contribution >= 0.6 is 15.9 Å². The molecule has 0 fully saturated rings. The van der Waals surface area contributed by atoms with Gasteiger partial charge in [0, 0.05) is 10.5 Å². The first-order chi connectivity index (χ1) is 7.04. The zero-order valence-corrected chi connectivity index (χ0v) is 10.7. The van der Waals surface area contributed by atoms with E-state index in [0.717, 1.165) is 16.5 Å². The van der Waals surface area contributed by atoms with Crippen molar-refractivity contribution in [2.24, 2.45) is 11.7 Å². The highest BCUT2D eigenvalue weighted by molar-refractivity contribution is 9.10. The zero-order valence-electron chi connectivity index (χ0n) is 9.13. The second-order valence-electron chi connectivity index (χ2n) is 3.97. The lowest BCUT2D eigenvalue weighted by Crippen LogP contribution is -2.27. The van der Waals surface area contributed by atoms with Crippen LogP contribution in [0.1, 0.15) is 25.8 Å². The second-order valence-corrected chi connectivity index (χ2v) is 4.88. The van der Waals surface area contributed by atoms with Gasteiger partial charge < -0.3 is 5.73 Å². The van der Waals surface area contributed by atoms with Crippen LogP contribution in [-0.4, -0.2) is 6.04 Å². The van der Waals surface area contributed by atoms with Crippen molar-refractivity contribution in [1.29, 1.82) is 0 Å². The van der Waals surface area contributed by atoms with Crippen LogP contribution in [0.15, 0.2) is 22.7 Å². The molecule has 15 heavy (non-hydrogen) atoms. The predicted octanol–water partition coefficient (Wildman–Crippen LogP) is 3.50. The summed E-state index contributed by atoms with van der Waals surface area (Å²) < 4.78 is 14.3. The quantitative estimate of drug-likeness (QED) is 0.893. The van der Waals surface area contributed by atoms with E-state index >= 15 is 0 Å². The summed E-state index contributed by atoms with van der Waals surface area (Å²) in [5.74, 6) is 0.198. The molecule has 0 bridgehead atoms. The molecule has 84 valence electrons. The van der Waals surface area contributed by atoms with E-state index in [4.69, 9.17) is 5.73 Å². The molecule has 0 radical (unpaired) electrons. The Labute approximate surface area is 99.0 Å². The molecule has 0 aliphatic carbocycles. The van der Waals surface area contributed by atoms with Crippen molar-refractivity contribution in [1.82, 2.24) is 0 Å². The summed E-state index contributed by atoms with van der Waals surface area (Å²) in [5, 5.41) is 0. The Kier molecular flexibility index (Phi) is 4.74. The lowest BCUT2D eigenvalue weighted by atomic mass is 9.91. The molecule has 1 aromatic rings. The minimum Gasteiger partial charge on any atom is -0.328 e. The third-order valence-electron chi connectivity index (χ3n) is 2.77. The van der Waals surface area contributed by atoms with E-state index in [1.165, 1.54) is 6.07 Å². The van der Waals surface area contributed by atoms with Crippen LogP contribution in [0.5, 0.6) is 0 Å². The number of benzene rings is 1. The van der Waals surface area contributed by atoms with Gasteiger partial charge in [-0.25, -0.2) is 4.39 Å². The maximum Gasteiger partial charge on any atom is 0.127 e. The third-order valence-corrected chi connectivity index (χ3v) is 3.26. The first-order valence-corrected chi connectivity index (χ1v) is 6.03. The Hall–Kier alpha value is -0.410. The summed E-state index contributed by atoms with van der Waals surface area (Å²) in [5.41, 5.74) is 6.60. The highest BCUT2D eigenvalue weighted by atomic mass is 79.9. The second kappa shape index (κ2) is 5.61. The molecule has 1 nitrogen and oxygen atoms in total. The summed E-state index contributed by atoms with van der Waals surface area (Å²) in [6.45, 7) is 4.07. The summed E-state index contributed by atoms with van der Waals surface area (Å²) >= 11 is 3.24. The molecule has 0 spiro atoms. The summed E-state index contributed by atoms with van der Waals surface area (Å²) in [4.78, 5) is 0. The van der Waals surface area contributed by atoms with Crippen LogP contribution in [-0.2, 0) is 6.42 Å². The molecule has 3 heteroatoms. The molecular formula is C12H17BrFN. The van der Waals surface area contributed by atoms with E-state index in [0.29, 0.717) is 12.3 Å². The maximum absolute atomic E-state index is 13.5. The summed E-state index contributed by atoms with van der Waals surface area (Å²) in [7, 11) is 0. The van der Waals surface area contributed by atoms with Crippen molar-refractivity contribution >= 4 is 15.9 Å². The number of rotatable bonds is 4. The Morgan fingerprint density at radius 1 is 1.47 bits per heavy atom. The molecule has 1 rings (SSSR count). The zero-order chi connectivity index (χ0) is 11.4. The van der Waals surface area contributed by atoms with E-state index in [2.05, 4.69) is 22.9 Å². The van der Waals surface area contributed by atoms with Crippen LogP contribution < -0.4 is 5.73 Å². The van der Waals surface area contributed by atoms with E-state index in [1.54, 1.807) is 0 Å². The van der Waals surface area contributed by atoms with Crippen LogP contribution in [0.25, 0.3) is 0 Å². The van der Waals surface area contributed by atoms with Crippen LogP contribution in [0.2, 0.25) is 0 Å². The first kappa shape index (κ1) is 12.7. The smallest absolute Gasteiger partial charge is 0.127 e. The van der Waals surface area contributed by atoms with Gasteiger partial charge in [-0.15, -0.1) is 0 Å². The standard InChI is InChI=1S/C12H17BrFN/c1-3-9(8(2)15)6-10-4-5-11(13)7-12(10)14/h4-5,7-9H,3,6,15H2,1-2H3. The molecule has 0 saturated carbocycles. The van der Waals surface area contributed by atoms with Crippen molar-refractivity contribution in [3.8, 4) is 0 Å². The highest BCUT2D eigenvalue weighted by Crippen LogP contribution is 2.20. The van der Waals surface area contributed by atoms with Gasteiger partial charge in [0.2, 0.25) is 0 Å². The van der Waals surface area contributed by atoms with Crippen LogP contribution in [0, 0.1) is 11.7 Å². The molecule has 0 saturated heterocycles. The lowest BCUT2D eigenvalue weighted by molar-refractivity contribution is 0.420. The van der Waals surface area contributed by atoms with Gasteiger partial charge in [-0.05, 0) is 37.0 Å². The molecule has 2 N–H and O–H groups in total. The fourth-order valence-electron chi connectivity index (χ4n) is 1.67. The van der Waals surface area contributed by atoms with Crippen molar-refractivity contribution < 1.29 is 4.39 Å². The summed E-state index contributed by atoms with van der Waals surface area (Å²) in [6.07, 6.45) is 1.69. The number of halogens is 2. The first-order valence-electron chi connectivity index (χ1n) is 5.24. The Balaban J connectivity index is 2.79. The fourth-order valence-corrected chi connectivity index (χ4v) is 2.00. The maximum atomic E-state index is 13.5. The molecule has 0 amide bonds. The average molecular weight is 274 g/mol. The van der Waals surface area contributed by atoms with Crippen molar-refractivity contribution in [2.75, 3.05) is 0 Å². The minimum atomic E-state index is -0.150. The molecule has 0 heterocycles. The molecular weight excluding hydrogens is 257 g/mol. The van der Waals surface area contributed by atoms with Gasteiger partial charge >= 0.3 is 0 Å². The number of hydrogen-bond acceptors (Lipinski definition) is 1. The molecule has 2 unspecified atom stereocenters. The lowest BCUT2D eigenvalue weighted by Gasteiger charge is -2.19. The van der Waals surface area contributed by atoms with Crippen LogP contribution in [0.3, 0.4) is 0 Å². The monoisotopic (exact) mass is 273 g/mol. The molecule has 0 aliphatic heterocycles. The van der Waals surface area contributed by atoms with Gasteiger partial charge in [0.05, 0.1) is 0 Å².